The summed E-state index contributed by atoms with van der Waals surface area (Å²) < 4.78 is 11.9. The van der Waals surface area contributed by atoms with Gasteiger partial charge in [0.15, 0.2) is 0 Å². The summed E-state index contributed by atoms with van der Waals surface area (Å²) in [5, 5.41) is 0. The number of hydrogen-bond acceptors (Lipinski definition) is 0. The van der Waals surface area contributed by atoms with Gasteiger partial charge in [0.05, 0.1) is 0 Å². The van der Waals surface area contributed by atoms with Crippen LogP contribution in [0.2, 0.25) is 0 Å². The third kappa shape index (κ3) is 2.10. The van der Waals surface area contributed by atoms with E-state index in [0.29, 0.717) is 0 Å². The third-order valence-electron chi connectivity index (χ3n) is 0.678. The van der Waals surface area contributed by atoms with Crippen LogP contribution >= 0.6 is 0 Å². The molecule has 0 spiro atoms. The summed E-state index contributed by atoms with van der Waals surface area (Å²) in [6.07, 6.45) is 0. The van der Waals surface area contributed by atoms with Gasteiger partial charge in [0, 0.05) is 22.9 Å². The minimum absolute atomic E-state index is 0. The molecule has 0 aliphatic carbocycles. The van der Waals surface area contributed by atoms with Crippen LogP contribution in [-0.2, 0) is 17.1 Å². The maximum absolute atomic E-state index is 11.9. The van der Waals surface area contributed by atoms with Crippen LogP contribution < -0.4 is 0 Å². The van der Waals surface area contributed by atoms with E-state index < -0.39 is 0 Å². The number of benzene rings is 1. The van der Waals surface area contributed by atoms with Crippen LogP contribution in [-0.4, -0.2) is 0 Å². The first-order valence-electron chi connectivity index (χ1n) is 2.01. The molecule has 1 aromatic rings. The van der Waals surface area contributed by atoms with E-state index in [-0.39, 0.29) is 22.9 Å². The van der Waals surface area contributed by atoms with Crippen molar-refractivity contribution in [3.05, 3.63) is 36.1 Å². The Labute approximate surface area is 58.2 Å². The SMILES string of the molecule is Fc1cc[c-]cc1.[Mn]. The van der Waals surface area contributed by atoms with Crippen LogP contribution in [0.4, 0.5) is 4.39 Å². The van der Waals surface area contributed by atoms with Crippen LogP contribution in [0.1, 0.15) is 0 Å². The Morgan fingerprint density at radius 1 is 1.25 bits per heavy atom. The third-order valence-corrected chi connectivity index (χ3v) is 0.678. The minimum atomic E-state index is -0.209. The van der Waals surface area contributed by atoms with Crippen molar-refractivity contribution in [2.75, 3.05) is 0 Å². The van der Waals surface area contributed by atoms with Gasteiger partial charge in [-0.3, -0.25) is 0 Å². The smallest absolute Gasteiger partial charge is 0.0151 e. The minimum Gasteiger partial charge on any atom is -0.236 e. The fourth-order valence-corrected chi connectivity index (χ4v) is 0.367. The zero-order valence-electron chi connectivity index (χ0n) is 4.07. The van der Waals surface area contributed by atoms with Crippen molar-refractivity contribution >= 4 is 0 Å². The predicted octanol–water partition coefficient (Wildman–Crippen LogP) is 1.62. The molecule has 2 heteroatoms. The van der Waals surface area contributed by atoms with Gasteiger partial charge in [-0.2, -0.15) is 18.2 Å². The van der Waals surface area contributed by atoms with Gasteiger partial charge in [0.1, 0.15) is 0 Å². The first-order chi connectivity index (χ1) is 3.39. The summed E-state index contributed by atoms with van der Waals surface area (Å²) >= 11 is 0. The Kier molecular flexibility index (Phi) is 3.49. The molecule has 0 atom stereocenters. The van der Waals surface area contributed by atoms with E-state index in [4.69, 9.17) is 0 Å². The maximum atomic E-state index is 11.9. The van der Waals surface area contributed by atoms with Gasteiger partial charge in [-0.25, -0.2) is 4.39 Å². The van der Waals surface area contributed by atoms with Crippen molar-refractivity contribution in [2.24, 2.45) is 0 Å². The molecule has 0 bridgehead atoms. The molecule has 0 heterocycles. The zero-order chi connectivity index (χ0) is 5.11. The number of rotatable bonds is 0. The van der Waals surface area contributed by atoms with Crippen molar-refractivity contribution in [2.45, 2.75) is 0 Å². The molecule has 0 amide bonds. The molecule has 0 aliphatic heterocycles. The van der Waals surface area contributed by atoms with Gasteiger partial charge in [-0.1, -0.05) is 0 Å². The molecule has 1 aromatic carbocycles. The first-order valence-corrected chi connectivity index (χ1v) is 2.01. The number of halogens is 1. The Hall–Kier alpha value is -0.331. The first kappa shape index (κ1) is 7.67. The van der Waals surface area contributed by atoms with Crippen molar-refractivity contribution in [1.29, 1.82) is 0 Å². The second kappa shape index (κ2) is 3.64. The molecule has 0 aliphatic rings. The monoisotopic (exact) mass is 150 g/mol. The fourth-order valence-electron chi connectivity index (χ4n) is 0.367. The van der Waals surface area contributed by atoms with Gasteiger partial charge >= 0.3 is 0 Å². The molecule has 0 fully saturated rings. The Bertz CT molecular complexity index is 138. The van der Waals surface area contributed by atoms with Gasteiger partial charge in [-0.15, -0.1) is 12.1 Å². The topological polar surface area (TPSA) is 0 Å². The van der Waals surface area contributed by atoms with E-state index in [2.05, 4.69) is 6.07 Å². The molecular formula is C6H4FMn-. The summed E-state index contributed by atoms with van der Waals surface area (Å²) in [4.78, 5) is 0. The van der Waals surface area contributed by atoms with Gasteiger partial charge in [-0.05, 0) is 0 Å². The molecule has 0 saturated carbocycles. The van der Waals surface area contributed by atoms with Crippen LogP contribution in [0.15, 0.2) is 24.3 Å². The Morgan fingerprint density at radius 3 is 2.00 bits per heavy atom. The molecule has 0 aromatic heterocycles. The summed E-state index contributed by atoms with van der Waals surface area (Å²) in [5.74, 6) is -0.209. The van der Waals surface area contributed by atoms with Gasteiger partial charge < -0.3 is 0 Å². The van der Waals surface area contributed by atoms with Gasteiger partial charge in [0.2, 0.25) is 0 Å². The standard InChI is InChI=1S/C6H4F.Mn/c7-6-4-2-1-3-5-6;/h2-5H;/q-1;. The van der Waals surface area contributed by atoms with Crippen molar-refractivity contribution in [1.82, 2.24) is 0 Å². The molecule has 0 nitrogen and oxygen atoms in total. The van der Waals surface area contributed by atoms with Crippen LogP contribution in [0, 0.1) is 11.9 Å². The van der Waals surface area contributed by atoms with Crippen LogP contribution in [0.5, 0.6) is 0 Å². The summed E-state index contributed by atoms with van der Waals surface area (Å²) in [6, 6.07) is 8.49. The summed E-state index contributed by atoms with van der Waals surface area (Å²) in [5.41, 5.74) is 0. The largest absolute Gasteiger partial charge is 0.236 e. The van der Waals surface area contributed by atoms with Crippen molar-refractivity contribution in [3.63, 3.8) is 0 Å². The average molecular weight is 150 g/mol. The van der Waals surface area contributed by atoms with E-state index in [9.17, 15) is 4.39 Å². The van der Waals surface area contributed by atoms with Crippen LogP contribution in [0.3, 0.4) is 0 Å². The molecule has 0 unspecified atom stereocenters. The Morgan fingerprint density at radius 2 is 1.75 bits per heavy atom. The maximum Gasteiger partial charge on any atom is 0.0151 e. The van der Waals surface area contributed by atoms with E-state index in [1.807, 2.05) is 0 Å². The summed E-state index contributed by atoms with van der Waals surface area (Å²) in [6.45, 7) is 0. The van der Waals surface area contributed by atoms with Crippen LogP contribution in [0.25, 0.3) is 0 Å². The normalized spacial score (nSPS) is 7.62. The molecular weight excluding hydrogens is 146 g/mol. The van der Waals surface area contributed by atoms with E-state index in [1.165, 1.54) is 24.3 Å². The van der Waals surface area contributed by atoms with Crippen molar-refractivity contribution < 1.29 is 21.5 Å². The molecule has 1 rings (SSSR count). The average Bonchev–Trinajstić information content (AvgIpc) is 1.69. The molecule has 8 heavy (non-hydrogen) atoms. The quantitative estimate of drug-likeness (QED) is 0.389. The second-order valence-electron chi connectivity index (χ2n) is 1.22. The van der Waals surface area contributed by atoms with Gasteiger partial charge in [0.25, 0.3) is 0 Å². The predicted molar refractivity (Wildman–Crippen MR) is 25.2 cm³/mol. The number of hydrogen-bond donors (Lipinski definition) is 0. The van der Waals surface area contributed by atoms with E-state index in [1.54, 1.807) is 0 Å². The van der Waals surface area contributed by atoms with E-state index in [0.717, 1.165) is 0 Å². The zero-order valence-corrected chi connectivity index (χ0v) is 5.25. The summed E-state index contributed by atoms with van der Waals surface area (Å²) in [7, 11) is 0. The molecule has 43 valence electrons. The second-order valence-corrected chi connectivity index (χ2v) is 1.22. The molecule has 0 N–H and O–H groups in total. The molecule has 0 saturated heterocycles. The van der Waals surface area contributed by atoms with Crippen molar-refractivity contribution in [3.8, 4) is 0 Å². The fraction of sp³-hybridized carbons (Fsp3) is 0. The van der Waals surface area contributed by atoms with E-state index >= 15 is 0 Å². The molecule has 1 radical (unpaired) electrons. The Balaban J connectivity index is 0.000000490.